The van der Waals surface area contributed by atoms with E-state index in [2.05, 4.69) is 4.98 Å². The second-order valence-electron chi connectivity index (χ2n) is 5.79. The molecule has 9 nitrogen and oxygen atoms in total. The maximum atomic E-state index is 12.8. The highest BCUT2D eigenvalue weighted by atomic mass is 32.2. The third kappa shape index (κ3) is 2.28. The molecule has 0 atom stereocenters. The number of ether oxygens (including phenoxy) is 1. The highest BCUT2D eigenvalue weighted by Gasteiger charge is 2.25. The molecule has 24 heavy (non-hydrogen) atoms. The fourth-order valence-corrected chi connectivity index (χ4v) is 4.03. The van der Waals surface area contributed by atoms with Crippen LogP contribution in [0.1, 0.15) is 0 Å². The lowest BCUT2D eigenvalue weighted by Crippen LogP contribution is -2.47. The zero-order valence-electron chi connectivity index (χ0n) is 13.2. The van der Waals surface area contributed by atoms with E-state index in [4.69, 9.17) is 4.74 Å². The second kappa shape index (κ2) is 5.78. The summed E-state index contributed by atoms with van der Waals surface area (Å²) in [7, 11) is 1.58. The topological polar surface area (TPSA) is 91.4 Å². The molecule has 0 bridgehead atoms. The smallest absolute Gasteiger partial charge is 0.332 e. The minimum atomic E-state index is -0.518. The molecule has 10 heteroatoms. The van der Waals surface area contributed by atoms with Gasteiger partial charge in [-0.3, -0.25) is 14.2 Å². The van der Waals surface area contributed by atoms with E-state index in [1.807, 2.05) is 4.57 Å². The number of fused-ring (bicyclic) bond motifs is 3. The molecule has 128 valence electrons. The predicted molar refractivity (Wildman–Crippen MR) is 87.4 cm³/mol. The fraction of sp³-hybridized carbons (Fsp3) is 0.571. The zero-order chi connectivity index (χ0) is 16.8. The molecule has 0 aliphatic carbocycles. The van der Waals surface area contributed by atoms with Crippen LogP contribution in [0.4, 0.5) is 0 Å². The highest BCUT2D eigenvalue weighted by Crippen LogP contribution is 2.27. The number of morpholine rings is 1. The van der Waals surface area contributed by atoms with Crippen molar-refractivity contribution in [3.63, 3.8) is 0 Å². The molecular weight excluding hydrogens is 334 g/mol. The Morgan fingerprint density at radius 2 is 2.00 bits per heavy atom. The molecule has 2 aliphatic rings. The van der Waals surface area contributed by atoms with Crippen LogP contribution in [0.5, 0.6) is 0 Å². The number of aryl methyl sites for hydroxylation is 2. The monoisotopic (exact) mass is 351 g/mol. The van der Waals surface area contributed by atoms with E-state index in [9.17, 15) is 14.4 Å². The summed E-state index contributed by atoms with van der Waals surface area (Å²) in [6, 6.07) is 0. The summed E-state index contributed by atoms with van der Waals surface area (Å²) in [4.78, 5) is 43.8. The van der Waals surface area contributed by atoms with Crippen LogP contribution in [0.3, 0.4) is 0 Å². The van der Waals surface area contributed by atoms with Gasteiger partial charge in [0.05, 0.1) is 13.2 Å². The van der Waals surface area contributed by atoms with Crippen molar-refractivity contribution < 1.29 is 9.53 Å². The van der Waals surface area contributed by atoms with Crippen molar-refractivity contribution in [2.45, 2.75) is 18.2 Å². The Hall–Kier alpha value is -2.07. The largest absolute Gasteiger partial charge is 0.378 e. The summed E-state index contributed by atoms with van der Waals surface area (Å²) >= 11 is 1.56. The van der Waals surface area contributed by atoms with E-state index in [0.29, 0.717) is 44.0 Å². The van der Waals surface area contributed by atoms with Crippen molar-refractivity contribution in [3.8, 4) is 0 Å². The van der Waals surface area contributed by atoms with Crippen molar-refractivity contribution in [1.29, 1.82) is 0 Å². The molecule has 0 radical (unpaired) electrons. The van der Waals surface area contributed by atoms with E-state index in [-0.39, 0.29) is 12.5 Å². The molecular formula is C14H17N5O4S. The SMILES string of the molecule is Cn1c(=O)n(CC(=O)N2CCOCC2)c(=O)c2c1nc1n2CCS1. The summed E-state index contributed by atoms with van der Waals surface area (Å²) in [5, 5.41) is 0.745. The Kier molecular flexibility index (Phi) is 3.72. The summed E-state index contributed by atoms with van der Waals surface area (Å²) < 4.78 is 9.41. The van der Waals surface area contributed by atoms with Gasteiger partial charge >= 0.3 is 5.69 Å². The molecule has 0 aromatic carbocycles. The molecule has 0 saturated carbocycles. The molecule has 2 aliphatic heterocycles. The number of imidazole rings is 1. The van der Waals surface area contributed by atoms with Gasteiger partial charge in [0.15, 0.2) is 16.3 Å². The normalized spacial score (nSPS) is 17.5. The van der Waals surface area contributed by atoms with Crippen LogP contribution in [0.15, 0.2) is 14.7 Å². The number of thioether (sulfide) groups is 1. The van der Waals surface area contributed by atoms with E-state index in [1.54, 1.807) is 23.7 Å². The van der Waals surface area contributed by atoms with Crippen LogP contribution in [0.2, 0.25) is 0 Å². The number of amides is 1. The Labute approximate surface area is 140 Å². The lowest BCUT2D eigenvalue weighted by molar-refractivity contribution is -0.136. The van der Waals surface area contributed by atoms with Crippen LogP contribution in [-0.2, 0) is 29.7 Å². The van der Waals surface area contributed by atoms with E-state index in [1.165, 1.54) is 4.57 Å². The quantitative estimate of drug-likeness (QED) is 0.679. The molecule has 0 spiro atoms. The Morgan fingerprint density at radius 1 is 1.25 bits per heavy atom. The van der Waals surface area contributed by atoms with Gasteiger partial charge in [-0.1, -0.05) is 11.8 Å². The Morgan fingerprint density at radius 3 is 2.75 bits per heavy atom. The van der Waals surface area contributed by atoms with Crippen LogP contribution < -0.4 is 11.2 Å². The van der Waals surface area contributed by atoms with E-state index in [0.717, 1.165) is 15.5 Å². The van der Waals surface area contributed by atoms with Gasteiger partial charge in [-0.25, -0.2) is 14.3 Å². The molecule has 1 saturated heterocycles. The van der Waals surface area contributed by atoms with Gasteiger partial charge in [0.2, 0.25) is 5.91 Å². The Bertz CT molecular complexity index is 937. The third-order valence-electron chi connectivity index (χ3n) is 4.40. The van der Waals surface area contributed by atoms with E-state index >= 15 is 0 Å². The van der Waals surface area contributed by atoms with Crippen LogP contribution in [0.25, 0.3) is 11.2 Å². The summed E-state index contributed by atoms with van der Waals surface area (Å²) in [5.74, 6) is 0.611. The van der Waals surface area contributed by atoms with E-state index < -0.39 is 11.2 Å². The summed E-state index contributed by atoms with van der Waals surface area (Å²) in [6.45, 7) is 2.34. The molecule has 4 rings (SSSR count). The maximum absolute atomic E-state index is 12.8. The van der Waals surface area contributed by atoms with Gasteiger partial charge in [0, 0.05) is 32.4 Å². The number of rotatable bonds is 2. The first-order chi connectivity index (χ1) is 11.6. The average Bonchev–Trinajstić information content (AvgIpc) is 3.18. The van der Waals surface area contributed by atoms with Crippen molar-refractivity contribution in [2.24, 2.45) is 7.05 Å². The number of hydrogen-bond donors (Lipinski definition) is 0. The van der Waals surface area contributed by atoms with Crippen molar-refractivity contribution in [2.75, 3.05) is 32.1 Å². The number of carbonyl (C=O) groups is 1. The van der Waals surface area contributed by atoms with Gasteiger partial charge < -0.3 is 14.2 Å². The molecule has 0 N–H and O–H groups in total. The second-order valence-corrected chi connectivity index (χ2v) is 6.85. The summed E-state index contributed by atoms with van der Waals surface area (Å²) in [5.41, 5.74) is -0.194. The minimum Gasteiger partial charge on any atom is -0.378 e. The number of nitrogens with zero attached hydrogens (tertiary/aromatic N) is 5. The number of aromatic nitrogens is 4. The zero-order valence-corrected chi connectivity index (χ0v) is 14.0. The third-order valence-corrected chi connectivity index (χ3v) is 5.36. The minimum absolute atomic E-state index is 0.243. The molecule has 2 aromatic rings. The molecule has 1 amide bonds. The van der Waals surface area contributed by atoms with Crippen LogP contribution in [0, 0.1) is 0 Å². The molecule has 1 fully saturated rings. The first-order valence-corrected chi connectivity index (χ1v) is 8.75. The fourth-order valence-electron chi connectivity index (χ4n) is 3.08. The lowest BCUT2D eigenvalue weighted by Gasteiger charge is -2.26. The average molecular weight is 351 g/mol. The molecule has 4 heterocycles. The highest BCUT2D eigenvalue weighted by molar-refractivity contribution is 7.99. The number of hydrogen-bond acceptors (Lipinski definition) is 6. The molecule has 0 unspecified atom stereocenters. The van der Waals surface area contributed by atoms with Gasteiger partial charge in [0.1, 0.15) is 6.54 Å². The van der Waals surface area contributed by atoms with Crippen molar-refractivity contribution in [3.05, 3.63) is 20.8 Å². The standard InChI is InChI=1S/C14H17N5O4S/c1-16-11-10(18-4-7-24-13(18)15-11)12(21)19(14(16)22)8-9(20)17-2-5-23-6-3-17/h2-8H2,1H3. The molecule has 2 aromatic heterocycles. The Balaban J connectivity index is 1.79. The lowest BCUT2D eigenvalue weighted by atomic mass is 10.4. The predicted octanol–water partition coefficient (Wildman–Crippen LogP) is -1.14. The number of carbonyl (C=O) groups excluding carboxylic acids is 1. The van der Waals surface area contributed by atoms with Crippen LogP contribution in [-0.4, -0.2) is 61.5 Å². The first-order valence-electron chi connectivity index (χ1n) is 7.76. The summed E-state index contributed by atoms with van der Waals surface area (Å²) in [6.07, 6.45) is 0. The van der Waals surface area contributed by atoms with Gasteiger partial charge in [-0.05, 0) is 0 Å². The van der Waals surface area contributed by atoms with Gasteiger partial charge in [-0.2, -0.15) is 0 Å². The van der Waals surface area contributed by atoms with Crippen molar-refractivity contribution >= 4 is 28.8 Å². The maximum Gasteiger partial charge on any atom is 0.332 e. The van der Waals surface area contributed by atoms with Crippen molar-refractivity contribution in [1.82, 2.24) is 23.6 Å². The van der Waals surface area contributed by atoms with Gasteiger partial charge in [-0.15, -0.1) is 0 Å². The van der Waals surface area contributed by atoms with Crippen LogP contribution >= 0.6 is 11.8 Å². The van der Waals surface area contributed by atoms with Gasteiger partial charge in [0.25, 0.3) is 5.56 Å². The first kappa shape index (κ1) is 15.5.